The van der Waals surface area contributed by atoms with Crippen molar-refractivity contribution in [2.45, 2.75) is 24.3 Å². The maximum Gasteiger partial charge on any atom is 0.261 e. The number of hydrogen-bond donors (Lipinski definition) is 0. The Bertz CT molecular complexity index is 858. The molecule has 0 radical (unpaired) electrons. The molecule has 1 aromatic carbocycles. The zero-order chi connectivity index (χ0) is 17.5. The summed E-state index contributed by atoms with van der Waals surface area (Å²) in [5.74, 6) is 0. The zero-order valence-electron chi connectivity index (χ0n) is 13.7. The number of sulfonamides is 1. The van der Waals surface area contributed by atoms with Crippen LogP contribution in [0.3, 0.4) is 0 Å². The molecule has 2 aliphatic rings. The van der Waals surface area contributed by atoms with E-state index >= 15 is 0 Å². The van der Waals surface area contributed by atoms with Crippen LogP contribution in [-0.2, 0) is 14.8 Å². The lowest BCUT2D eigenvalue weighted by molar-refractivity contribution is 0.0222. The molecule has 2 aromatic rings. The number of nitrogens with zero attached hydrogens (tertiary/aromatic N) is 2. The fraction of sp³-hybridized carbons (Fsp3) is 0.471. The highest BCUT2D eigenvalue weighted by atomic mass is 35.5. The Morgan fingerprint density at radius 2 is 1.88 bits per heavy atom. The van der Waals surface area contributed by atoms with Crippen molar-refractivity contribution in [3.8, 4) is 10.6 Å². The second-order valence-electron chi connectivity index (χ2n) is 6.70. The fourth-order valence-corrected chi connectivity index (χ4v) is 6.30. The number of aromatic nitrogens is 1. The fourth-order valence-electron chi connectivity index (χ4n) is 3.55. The topological polar surface area (TPSA) is 59.5 Å². The Labute approximate surface area is 156 Å². The van der Waals surface area contributed by atoms with Crippen LogP contribution in [0.5, 0.6) is 0 Å². The van der Waals surface area contributed by atoms with Gasteiger partial charge >= 0.3 is 0 Å². The molecular formula is C17H19ClN2O3S2. The number of rotatable bonds is 3. The van der Waals surface area contributed by atoms with Gasteiger partial charge in [0.15, 0.2) is 5.03 Å². The highest BCUT2D eigenvalue weighted by Gasteiger charge is 2.44. The Morgan fingerprint density at radius 3 is 2.60 bits per heavy atom. The molecule has 4 rings (SSSR count). The van der Waals surface area contributed by atoms with Crippen molar-refractivity contribution < 1.29 is 13.2 Å². The van der Waals surface area contributed by atoms with Crippen LogP contribution in [0, 0.1) is 5.41 Å². The lowest BCUT2D eigenvalue weighted by atomic mass is 9.80. The van der Waals surface area contributed by atoms with Gasteiger partial charge in [0.05, 0.1) is 0 Å². The van der Waals surface area contributed by atoms with Gasteiger partial charge in [-0.25, -0.2) is 13.4 Å². The highest BCUT2D eigenvalue weighted by molar-refractivity contribution is 7.89. The minimum Gasteiger partial charge on any atom is -0.381 e. The maximum atomic E-state index is 13.0. The summed E-state index contributed by atoms with van der Waals surface area (Å²) < 4.78 is 33.0. The van der Waals surface area contributed by atoms with E-state index in [2.05, 4.69) is 4.98 Å². The molecule has 1 spiro atoms. The molecule has 0 amide bonds. The molecule has 2 aliphatic heterocycles. The number of ether oxygens (including phenoxy) is 1. The molecule has 0 atom stereocenters. The first-order valence-electron chi connectivity index (χ1n) is 8.28. The van der Waals surface area contributed by atoms with Gasteiger partial charge in [-0.15, -0.1) is 11.3 Å². The average Bonchev–Trinajstić information content (AvgIpc) is 3.25. The summed E-state index contributed by atoms with van der Waals surface area (Å²) >= 11 is 7.25. The van der Waals surface area contributed by atoms with Crippen molar-refractivity contribution >= 4 is 33.0 Å². The molecule has 0 bridgehead atoms. The summed E-state index contributed by atoms with van der Waals surface area (Å²) in [7, 11) is -3.54. The van der Waals surface area contributed by atoms with Crippen molar-refractivity contribution in [1.29, 1.82) is 0 Å². The van der Waals surface area contributed by atoms with E-state index in [-0.39, 0.29) is 10.4 Å². The normalized spacial score (nSPS) is 21.0. The largest absolute Gasteiger partial charge is 0.381 e. The zero-order valence-corrected chi connectivity index (χ0v) is 16.0. The number of thiazole rings is 1. The third-order valence-corrected chi connectivity index (χ3v) is 8.16. The van der Waals surface area contributed by atoms with Crippen LogP contribution < -0.4 is 0 Å². The molecular weight excluding hydrogens is 380 g/mol. The smallest absolute Gasteiger partial charge is 0.261 e. The predicted molar refractivity (Wildman–Crippen MR) is 98.4 cm³/mol. The van der Waals surface area contributed by atoms with Gasteiger partial charge in [0.1, 0.15) is 5.01 Å². The van der Waals surface area contributed by atoms with E-state index in [4.69, 9.17) is 16.3 Å². The Hall–Kier alpha value is -0.990. The first-order chi connectivity index (χ1) is 12.0. The molecule has 5 nitrogen and oxygen atoms in total. The minimum absolute atomic E-state index is 0.0837. The van der Waals surface area contributed by atoms with Crippen molar-refractivity contribution in [3.63, 3.8) is 0 Å². The van der Waals surface area contributed by atoms with E-state index in [1.54, 1.807) is 21.8 Å². The van der Waals surface area contributed by atoms with Crippen LogP contribution in [0.2, 0.25) is 5.02 Å². The molecule has 25 heavy (non-hydrogen) atoms. The Balaban J connectivity index is 1.56. The first-order valence-corrected chi connectivity index (χ1v) is 11.0. The number of hydrogen-bond acceptors (Lipinski definition) is 5. The molecule has 0 aliphatic carbocycles. The third kappa shape index (κ3) is 3.36. The van der Waals surface area contributed by atoms with Crippen molar-refractivity contribution in [2.75, 3.05) is 26.3 Å². The highest BCUT2D eigenvalue weighted by Crippen LogP contribution is 2.41. The molecule has 8 heteroatoms. The van der Waals surface area contributed by atoms with E-state index in [0.29, 0.717) is 23.1 Å². The first kappa shape index (κ1) is 17.4. The molecule has 3 heterocycles. The summed E-state index contributed by atoms with van der Waals surface area (Å²) in [6, 6.07) is 7.26. The van der Waals surface area contributed by atoms with E-state index in [1.807, 2.05) is 12.1 Å². The van der Waals surface area contributed by atoms with E-state index in [0.717, 1.165) is 38.0 Å². The molecule has 134 valence electrons. The Morgan fingerprint density at radius 1 is 1.16 bits per heavy atom. The van der Waals surface area contributed by atoms with Crippen LogP contribution in [-0.4, -0.2) is 44.0 Å². The minimum atomic E-state index is -3.54. The second-order valence-corrected chi connectivity index (χ2v) is 9.88. The Kier molecular flexibility index (Phi) is 4.62. The van der Waals surface area contributed by atoms with E-state index in [9.17, 15) is 8.42 Å². The molecule has 2 fully saturated rings. The van der Waals surface area contributed by atoms with Crippen LogP contribution in [0.4, 0.5) is 0 Å². The second kappa shape index (κ2) is 6.63. The van der Waals surface area contributed by atoms with Crippen molar-refractivity contribution in [2.24, 2.45) is 5.41 Å². The monoisotopic (exact) mass is 398 g/mol. The quantitative estimate of drug-likeness (QED) is 0.791. The molecule has 0 saturated carbocycles. The maximum absolute atomic E-state index is 13.0. The van der Waals surface area contributed by atoms with Gasteiger partial charge in [-0.05, 0) is 36.8 Å². The molecule has 1 aromatic heterocycles. The number of benzene rings is 1. The standard InChI is InChI=1S/C17H19ClN2O3S2/c18-14-3-1-13(2-4-14)16-19-15(11-24-16)25(21,22)20-8-5-17(12-20)6-9-23-10-7-17/h1-4,11H,5-10,12H2. The van der Waals surface area contributed by atoms with Crippen molar-refractivity contribution in [3.05, 3.63) is 34.7 Å². The van der Waals surface area contributed by atoms with Gasteiger partial charge < -0.3 is 4.74 Å². The van der Waals surface area contributed by atoms with Crippen molar-refractivity contribution in [1.82, 2.24) is 9.29 Å². The molecule has 2 saturated heterocycles. The lowest BCUT2D eigenvalue weighted by Crippen LogP contribution is -2.35. The van der Waals surface area contributed by atoms with Gasteiger partial charge in [-0.3, -0.25) is 0 Å². The molecule has 0 unspecified atom stereocenters. The SMILES string of the molecule is O=S(=O)(c1csc(-c2ccc(Cl)cc2)n1)N1CCC2(CCOCC2)C1. The third-order valence-electron chi connectivity index (χ3n) is 5.14. The average molecular weight is 399 g/mol. The van der Waals surface area contributed by atoms with Crippen LogP contribution >= 0.6 is 22.9 Å². The van der Waals surface area contributed by atoms with Gasteiger partial charge in [0.25, 0.3) is 10.0 Å². The van der Waals surface area contributed by atoms with Gasteiger partial charge in [0, 0.05) is 42.3 Å². The predicted octanol–water partition coefficient (Wildman–Crippen LogP) is 3.65. The van der Waals surface area contributed by atoms with Gasteiger partial charge in [0.2, 0.25) is 0 Å². The van der Waals surface area contributed by atoms with Gasteiger partial charge in [-0.2, -0.15) is 4.31 Å². The van der Waals surface area contributed by atoms with Crippen LogP contribution in [0.15, 0.2) is 34.7 Å². The van der Waals surface area contributed by atoms with Crippen LogP contribution in [0.25, 0.3) is 10.6 Å². The summed E-state index contributed by atoms with van der Waals surface area (Å²) in [6.45, 7) is 2.60. The summed E-state index contributed by atoms with van der Waals surface area (Å²) in [4.78, 5) is 4.38. The van der Waals surface area contributed by atoms with Gasteiger partial charge in [-0.1, -0.05) is 23.7 Å². The summed E-state index contributed by atoms with van der Waals surface area (Å²) in [5.41, 5.74) is 0.957. The van der Waals surface area contributed by atoms with E-state index < -0.39 is 10.0 Å². The summed E-state index contributed by atoms with van der Waals surface area (Å²) in [5, 5.41) is 3.11. The number of halogens is 1. The summed E-state index contributed by atoms with van der Waals surface area (Å²) in [6.07, 6.45) is 2.78. The molecule has 0 N–H and O–H groups in total. The van der Waals surface area contributed by atoms with E-state index in [1.165, 1.54) is 11.3 Å². The van der Waals surface area contributed by atoms with Crippen LogP contribution in [0.1, 0.15) is 19.3 Å². The lowest BCUT2D eigenvalue weighted by Gasteiger charge is -2.32.